The van der Waals surface area contributed by atoms with Crippen molar-refractivity contribution in [2.45, 2.75) is 17.4 Å². The molecule has 5 nitrogen and oxygen atoms in total. The molecule has 0 aliphatic heterocycles. The maximum Gasteiger partial charge on any atom is 0.260 e. The van der Waals surface area contributed by atoms with Crippen LogP contribution in [0.5, 0.6) is 0 Å². The third-order valence-corrected chi connectivity index (χ3v) is 7.21. The van der Waals surface area contributed by atoms with E-state index in [0.29, 0.717) is 27.0 Å². The molecular weight excluding hydrogens is 434 g/mol. The molecule has 0 bridgehead atoms. The average Bonchev–Trinajstić information content (AvgIpc) is 3.39. The first-order valence-electron chi connectivity index (χ1n) is 8.36. The summed E-state index contributed by atoms with van der Waals surface area (Å²) in [6, 6.07) is 9.32. The molecule has 0 spiro atoms. The van der Waals surface area contributed by atoms with E-state index in [-0.39, 0.29) is 10.8 Å². The molecule has 1 atom stereocenters. The fraction of sp³-hybridized carbons (Fsp3) is 0.105. The highest BCUT2D eigenvalue weighted by Gasteiger charge is 2.19. The van der Waals surface area contributed by atoms with Crippen molar-refractivity contribution in [3.63, 3.8) is 0 Å². The normalized spacial score (nSPS) is 12.8. The van der Waals surface area contributed by atoms with Gasteiger partial charge in [0, 0.05) is 26.9 Å². The smallest absolute Gasteiger partial charge is 0.260 e. The van der Waals surface area contributed by atoms with Crippen molar-refractivity contribution in [1.29, 1.82) is 0 Å². The minimum atomic E-state index is -0.132. The third-order valence-electron chi connectivity index (χ3n) is 4.24. The molecule has 0 saturated heterocycles. The number of nitrogens with zero attached hydrogens (tertiary/aromatic N) is 2. The van der Waals surface area contributed by atoms with Crippen LogP contribution in [0.2, 0.25) is 5.02 Å². The van der Waals surface area contributed by atoms with Gasteiger partial charge in [0.15, 0.2) is 5.58 Å². The zero-order valence-electron chi connectivity index (χ0n) is 14.4. The lowest BCUT2D eigenvalue weighted by molar-refractivity contribution is 0.488. The summed E-state index contributed by atoms with van der Waals surface area (Å²) in [7, 11) is 0. The van der Waals surface area contributed by atoms with Gasteiger partial charge in [0.2, 0.25) is 0 Å². The Morgan fingerprint density at radius 2 is 2.14 bits per heavy atom. The predicted molar refractivity (Wildman–Crippen MR) is 117 cm³/mol. The van der Waals surface area contributed by atoms with Gasteiger partial charge in [-0.15, -0.1) is 22.7 Å². The number of fused-ring (bicyclic) bond motifs is 2. The molecule has 5 rings (SSSR count). The standard InChI is InChI=1S/C19H12ClN3O2S3/c1-9(28-19-21-12-5-4-10(20)7-13(12)25-19)16-22-17(24)15-11(8-27-18(15)23-16)14-3-2-6-26-14/h2-9H,1H3,(H,22,23,24). The number of nitrogens with one attached hydrogen (secondary N) is 1. The molecule has 0 radical (unpaired) electrons. The summed E-state index contributed by atoms with van der Waals surface area (Å²) in [6.07, 6.45) is 0. The lowest BCUT2D eigenvalue weighted by atomic mass is 10.2. The second-order valence-electron chi connectivity index (χ2n) is 6.11. The topological polar surface area (TPSA) is 71.8 Å². The molecule has 0 saturated carbocycles. The van der Waals surface area contributed by atoms with Crippen LogP contribution in [0.25, 0.3) is 31.8 Å². The Hall–Kier alpha value is -2.13. The van der Waals surface area contributed by atoms with Gasteiger partial charge < -0.3 is 9.40 Å². The van der Waals surface area contributed by atoms with Crippen molar-refractivity contribution < 1.29 is 4.42 Å². The maximum atomic E-state index is 12.8. The third kappa shape index (κ3) is 3.16. The molecule has 28 heavy (non-hydrogen) atoms. The van der Waals surface area contributed by atoms with Crippen LogP contribution in [-0.2, 0) is 0 Å². The quantitative estimate of drug-likeness (QED) is 0.326. The number of oxazole rings is 1. The first-order valence-corrected chi connectivity index (χ1v) is 11.4. The second kappa shape index (κ2) is 7.04. The first kappa shape index (κ1) is 17.9. The SMILES string of the molecule is CC(Sc1nc2ccc(Cl)cc2o1)c1nc2scc(-c3cccs3)c2c(=O)[nH]1. The summed E-state index contributed by atoms with van der Waals surface area (Å²) in [5, 5.41) is 5.62. The van der Waals surface area contributed by atoms with Gasteiger partial charge in [-0.1, -0.05) is 29.4 Å². The summed E-state index contributed by atoms with van der Waals surface area (Å²) in [5.41, 5.74) is 2.20. The van der Waals surface area contributed by atoms with Gasteiger partial charge in [-0.25, -0.2) is 9.97 Å². The van der Waals surface area contributed by atoms with E-state index in [1.807, 2.05) is 35.9 Å². The van der Waals surface area contributed by atoms with Crippen LogP contribution in [0.3, 0.4) is 0 Å². The Balaban J connectivity index is 1.49. The number of thioether (sulfide) groups is 1. The molecule has 0 aliphatic carbocycles. The van der Waals surface area contributed by atoms with E-state index in [0.717, 1.165) is 20.8 Å². The van der Waals surface area contributed by atoms with E-state index < -0.39 is 0 Å². The van der Waals surface area contributed by atoms with E-state index >= 15 is 0 Å². The van der Waals surface area contributed by atoms with Crippen LogP contribution in [-0.4, -0.2) is 15.0 Å². The van der Waals surface area contributed by atoms with E-state index in [2.05, 4.69) is 15.0 Å². The van der Waals surface area contributed by atoms with Crippen molar-refractivity contribution in [3.05, 3.63) is 62.3 Å². The largest absolute Gasteiger partial charge is 0.431 e. The Kier molecular flexibility index (Phi) is 4.51. The number of aromatic nitrogens is 3. The van der Waals surface area contributed by atoms with E-state index in [1.54, 1.807) is 23.5 Å². The Morgan fingerprint density at radius 1 is 1.25 bits per heavy atom. The summed E-state index contributed by atoms with van der Waals surface area (Å²) >= 11 is 10.5. The lowest BCUT2D eigenvalue weighted by Gasteiger charge is -2.07. The molecule has 1 aromatic carbocycles. The fourth-order valence-corrected chi connectivity index (χ4v) is 5.65. The second-order valence-corrected chi connectivity index (χ2v) is 9.64. The summed E-state index contributed by atoms with van der Waals surface area (Å²) < 4.78 is 5.76. The molecule has 1 N–H and O–H groups in total. The van der Waals surface area contributed by atoms with Crippen LogP contribution in [0.15, 0.2) is 55.5 Å². The number of rotatable bonds is 4. The molecule has 4 heterocycles. The van der Waals surface area contributed by atoms with Gasteiger partial charge in [-0.3, -0.25) is 4.79 Å². The highest BCUT2D eigenvalue weighted by molar-refractivity contribution is 7.99. The number of thiophene rings is 2. The van der Waals surface area contributed by atoms with Crippen molar-refractivity contribution in [1.82, 2.24) is 15.0 Å². The Morgan fingerprint density at radius 3 is 2.96 bits per heavy atom. The molecular formula is C19H12ClN3O2S3. The van der Waals surface area contributed by atoms with Gasteiger partial charge in [0.05, 0.1) is 10.6 Å². The van der Waals surface area contributed by atoms with E-state index in [1.165, 1.54) is 23.1 Å². The molecule has 1 unspecified atom stereocenters. The Bertz CT molecular complexity index is 1350. The highest BCUT2D eigenvalue weighted by atomic mass is 35.5. The summed E-state index contributed by atoms with van der Waals surface area (Å²) in [4.78, 5) is 26.7. The van der Waals surface area contributed by atoms with Crippen LogP contribution >= 0.6 is 46.0 Å². The lowest BCUT2D eigenvalue weighted by Crippen LogP contribution is -2.12. The van der Waals surface area contributed by atoms with Gasteiger partial charge in [-0.2, -0.15) is 0 Å². The number of hydrogen-bond acceptors (Lipinski definition) is 7. The van der Waals surface area contributed by atoms with Gasteiger partial charge in [-0.05, 0) is 30.5 Å². The van der Waals surface area contributed by atoms with Crippen LogP contribution < -0.4 is 5.56 Å². The van der Waals surface area contributed by atoms with Crippen LogP contribution in [0.1, 0.15) is 18.0 Å². The number of H-pyrrole nitrogens is 1. The van der Waals surface area contributed by atoms with Crippen LogP contribution in [0.4, 0.5) is 0 Å². The zero-order valence-corrected chi connectivity index (χ0v) is 17.6. The molecule has 0 amide bonds. The van der Waals surface area contributed by atoms with E-state index in [9.17, 15) is 4.79 Å². The minimum Gasteiger partial charge on any atom is -0.431 e. The van der Waals surface area contributed by atoms with Gasteiger partial charge >= 0.3 is 0 Å². The number of benzene rings is 1. The predicted octanol–water partition coefficient (Wildman–Crippen LogP) is 6.36. The number of aromatic amines is 1. The van der Waals surface area contributed by atoms with Crippen molar-refractivity contribution >= 4 is 67.4 Å². The molecule has 140 valence electrons. The number of halogens is 1. The van der Waals surface area contributed by atoms with Crippen LogP contribution in [0, 0.1) is 0 Å². The van der Waals surface area contributed by atoms with Gasteiger partial charge in [0.25, 0.3) is 10.8 Å². The van der Waals surface area contributed by atoms with Gasteiger partial charge in [0.1, 0.15) is 16.2 Å². The van der Waals surface area contributed by atoms with Crippen molar-refractivity contribution in [2.75, 3.05) is 0 Å². The fourth-order valence-electron chi connectivity index (χ4n) is 2.91. The molecule has 0 fully saturated rings. The average molecular weight is 446 g/mol. The first-order chi connectivity index (χ1) is 13.6. The molecule has 9 heteroatoms. The van der Waals surface area contributed by atoms with Crippen molar-refractivity contribution in [2.24, 2.45) is 0 Å². The number of hydrogen-bond donors (Lipinski definition) is 1. The molecule has 5 aromatic rings. The summed E-state index contributed by atoms with van der Waals surface area (Å²) in [6.45, 7) is 1.96. The maximum absolute atomic E-state index is 12.8. The Labute approximate surface area is 176 Å². The minimum absolute atomic E-state index is 0.124. The summed E-state index contributed by atoms with van der Waals surface area (Å²) in [5.74, 6) is 0.599. The molecule has 0 aliphatic rings. The van der Waals surface area contributed by atoms with Crippen molar-refractivity contribution in [3.8, 4) is 10.4 Å². The van der Waals surface area contributed by atoms with E-state index in [4.69, 9.17) is 16.0 Å². The molecule has 4 aromatic heterocycles. The monoisotopic (exact) mass is 445 g/mol. The zero-order chi connectivity index (χ0) is 19.3. The highest BCUT2D eigenvalue weighted by Crippen LogP contribution is 2.37.